The summed E-state index contributed by atoms with van der Waals surface area (Å²) in [6.07, 6.45) is 0.349. The van der Waals surface area contributed by atoms with Crippen LogP contribution in [-0.2, 0) is 32.0 Å². The number of hydrogen-bond acceptors (Lipinski definition) is 12. The molecule has 4 rings (SSSR count). The van der Waals surface area contributed by atoms with Crippen LogP contribution in [0.25, 0.3) is 28.1 Å². The van der Waals surface area contributed by atoms with E-state index in [1.54, 1.807) is 9.58 Å². The van der Waals surface area contributed by atoms with Gasteiger partial charge in [-0.1, -0.05) is 73.5 Å². The smallest absolute Gasteiger partial charge is 0.434 e. The molecule has 0 saturated carbocycles. The maximum Gasteiger partial charge on any atom is 0.511 e. The van der Waals surface area contributed by atoms with E-state index in [2.05, 4.69) is 38.1 Å². The van der Waals surface area contributed by atoms with E-state index < -0.39 is 18.4 Å². The number of tetrazole rings is 1. The van der Waals surface area contributed by atoms with Crippen molar-refractivity contribution in [2.24, 2.45) is 0 Å². The Morgan fingerprint density at radius 3 is 2.45 bits per heavy atom. The summed E-state index contributed by atoms with van der Waals surface area (Å²) >= 11 is 6.49. The second-order valence-electron chi connectivity index (χ2n) is 10.8. The molecule has 0 saturated heterocycles. The number of unbranched alkanes of at least 4 members (excludes halogenated alkanes) is 1. The summed E-state index contributed by atoms with van der Waals surface area (Å²) in [6.45, 7) is 8.73. The first-order valence-corrected chi connectivity index (χ1v) is 16.5. The number of esters is 1. The van der Waals surface area contributed by atoms with Gasteiger partial charge in [0, 0.05) is 51.6 Å². The van der Waals surface area contributed by atoms with Crippen LogP contribution in [0.2, 0.25) is 5.15 Å². The maximum absolute atomic E-state index is 13.4. The summed E-state index contributed by atoms with van der Waals surface area (Å²) in [7, 11) is 0. The summed E-state index contributed by atoms with van der Waals surface area (Å²) in [5.74, 6) is 0.326. The molecule has 0 spiro atoms. The molecule has 0 aliphatic carbocycles. The molecule has 0 aliphatic heterocycles. The first-order chi connectivity index (χ1) is 23.7. The predicted octanol–water partition coefficient (Wildman–Crippen LogP) is 4.57. The molecule has 0 amide bonds. The third-order valence-corrected chi connectivity index (χ3v) is 7.66. The van der Waals surface area contributed by atoms with Gasteiger partial charge in [0.2, 0.25) is 12.1 Å². The van der Waals surface area contributed by atoms with Crippen molar-refractivity contribution < 1.29 is 39.1 Å². The number of nitrogens with zero attached hydrogens (tertiary/aromatic N) is 7. The molecule has 3 N–H and O–H groups in total. The van der Waals surface area contributed by atoms with Crippen LogP contribution in [0.5, 0.6) is 0 Å². The van der Waals surface area contributed by atoms with Crippen molar-refractivity contribution in [1.82, 2.24) is 35.2 Å². The topological polar surface area (TPSA) is 185 Å². The third-order valence-electron chi connectivity index (χ3n) is 7.40. The van der Waals surface area contributed by atoms with E-state index in [1.165, 1.54) is 6.92 Å². The zero-order valence-corrected chi connectivity index (χ0v) is 28.7. The Morgan fingerprint density at radius 1 is 1.04 bits per heavy atom. The van der Waals surface area contributed by atoms with Gasteiger partial charge in [-0.2, -0.15) is 10.5 Å². The fraction of sp³-hybridized carbons (Fsp3) is 0.438. The highest BCUT2D eigenvalue weighted by atomic mass is 35.5. The largest absolute Gasteiger partial charge is 0.511 e. The summed E-state index contributed by atoms with van der Waals surface area (Å²) in [5, 5.41) is 25.6. The number of imidazole rings is 1. The summed E-state index contributed by atoms with van der Waals surface area (Å²) in [4.78, 5) is 35.1. The van der Waals surface area contributed by atoms with Crippen molar-refractivity contribution in [2.45, 2.75) is 66.2 Å². The Kier molecular flexibility index (Phi) is 14.4. The number of nitrogens with one attached hydrogen (secondary N) is 2. The van der Waals surface area contributed by atoms with Crippen LogP contribution in [0, 0.1) is 0 Å². The molecule has 0 bridgehead atoms. The number of carbonyl (C=O) groups is 2. The fourth-order valence-electron chi connectivity index (χ4n) is 4.88. The minimum atomic E-state index is -1.27. The lowest BCUT2D eigenvalue weighted by Gasteiger charge is -2.31. The first kappa shape index (κ1) is 37.4. The van der Waals surface area contributed by atoms with E-state index >= 15 is 0 Å². The zero-order valence-electron chi connectivity index (χ0n) is 28.0. The zero-order chi connectivity index (χ0) is 35.2. The lowest BCUT2D eigenvalue weighted by molar-refractivity contribution is -1.16. The number of benzene rings is 2. The molecule has 2 heterocycles. The van der Waals surface area contributed by atoms with Gasteiger partial charge in [-0.25, -0.2) is 19.8 Å². The Morgan fingerprint density at radius 2 is 1.78 bits per heavy atom. The van der Waals surface area contributed by atoms with Gasteiger partial charge in [0.1, 0.15) is 5.82 Å². The van der Waals surface area contributed by atoms with Gasteiger partial charge in [0.15, 0.2) is 10.8 Å². The molecule has 0 aliphatic rings. The number of aromatic nitrogens is 6. The predicted molar refractivity (Wildman–Crippen MR) is 177 cm³/mol. The average Bonchev–Trinajstić information content (AvgIpc) is 3.74. The molecule has 4 aromatic rings. The van der Waals surface area contributed by atoms with Gasteiger partial charge in [-0.15, -0.1) is 15.2 Å². The minimum absolute atomic E-state index is 0.00812. The summed E-state index contributed by atoms with van der Waals surface area (Å²) < 4.78 is 17.3. The van der Waals surface area contributed by atoms with Crippen LogP contribution in [0.15, 0.2) is 48.5 Å². The quantitative estimate of drug-likeness (QED) is 0.0537. The normalized spacial score (nSPS) is 12.6. The highest BCUT2D eigenvalue weighted by Crippen LogP contribution is 2.30. The molecule has 2 aromatic heterocycles. The summed E-state index contributed by atoms with van der Waals surface area (Å²) in [5.41, 5.74) is 7.30. The number of carbonyl (C=O) groups excluding carboxylic acids is 2. The van der Waals surface area contributed by atoms with Crippen LogP contribution in [0.1, 0.15) is 68.8 Å². The van der Waals surface area contributed by atoms with Crippen LogP contribution < -0.4 is 5.28 Å². The Hall–Kier alpha value is -4.45. The standard InChI is InChI=1S/C32H42ClN9O7/c1-5-8-14-27-34-29(33)28(31(43)48-22(4)49-32(44)46-19-11-20-47-39-42(45)40(6-2)7-3)41(27)21-23-15-17-24(18-16-23)25-12-9-10-13-26(25)30-35-37-38-36-30/h9-10,12-13,15-18,22,42,45H,5-8,11,14,19-21H2,1-4H3,(H,35,36,37,38). The molecule has 49 heavy (non-hydrogen) atoms. The Balaban J connectivity index is 1.36. The maximum atomic E-state index is 13.4. The second-order valence-corrected chi connectivity index (χ2v) is 11.1. The SMILES string of the molecule is CCCCc1nc(Cl)c(C(=O)OC(C)OC(=O)OCCCO[N-][NH+](O)N(CC)CC)n1Cc1ccc(-c2ccccc2-c2nn[nH]n2)cc1. The van der Waals surface area contributed by atoms with Crippen LogP contribution >= 0.6 is 11.6 Å². The van der Waals surface area contributed by atoms with Crippen LogP contribution in [0.4, 0.5) is 4.79 Å². The third kappa shape index (κ3) is 10.5. The van der Waals surface area contributed by atoms with Crippen molar-refractivity contribution in [2.75, 3.05) is 26.3 Å². The Labute approximate surface area is 289 Å². The van der Waals surface area contributed by atoms with Crippen molar-refractivity contribution >= 4 is 23.7 Å². The molecular formula is C32H42ClN9O7. The molecule has 2 aromatic carbocycles. The number of halogens is 1. The highest BCUT2D eigenvalue weighted by Gasteiger charge is 2.26. The van der Waals surface area contributed by atoms with Crippen molar-refractivity contribution in [1.29, 1.82) is 0 Å². The van der Waals surface area contributed by atoms with E-state index in [-0.39, 0.29) is 29.3 Å². The monoisotopic (exact) mass is 699 g/mol. The lowest BCUT2D eigenvalue weighted by Crippen LogP contribution is -3.12. The number of ether oxygens (including phenoxy) is 3. The van der Waals surface area contributed by atoms with Gasteiger partial charge in [0.25, 0.3) is 0 Å². The molecule has 2 unspecified atom stereocenters. The Bertz CT molecular complexity index is 1620. The number of aromatic amines is 1. The van der Waals surface area contributed by atoms with Gasteiger partial charge >= 0.3 is 12.1 Å². The van der Waals surface area contributed by atoms with Gasteiger partial charge < -0.3 is 23.6 Å². The first-order valence-electron chi connectivity index (χ1n) is 16.1. The highest BCUT2D eigenvalue weighted by molar-refractivity contribution is 6.32. The van der Waals surface area contributed by atoms with E-state index in [0.717, 1.165) is 35.1 Å². The van der Waals surface area contributed by atoms with Gasteiger partial charge in [0.05, 0.1) is 6.61 Å². The summed E-state index contributed by atoms with van der Waals surface area (Å²) in [6, 6.07) is 15.6. The lowest BCUT2D eigenvalue weighted by atomic mass is 9.98. The van der Waals surface area contributed by atoms with E-state index in [0.29, 0.717) is 44.1 Å². The molecule has 264 valence electrons. The molecule has 0 fully saturated rings. The number of rotatable bonds is 19. The van der Waals surface area contributed by atoms with Crippen LogP contribution in [-0.4, -0.2) is 85.1 Å². The minimum Gasteiger partial charge on any atom is -0.434 e. The average molecular weight is 700 g/mol. The van der Waals surface area contributed by atoms with Gasteiger partial charge in [-0.3, -0.25) is 5.59 Å². The van der Waals surface area contributed by atoms with Crippen molar-refractivity contribution in [3.8, 4) is 22.5 Å². The van der Waals surface area contributed by atoms with E-state index in [9.17, 15) is 14.8 Å². The van der Waals surface area contributed by atoms with Crippen molar-refractivity contribution in [3.63, 3.8) is 0 Å². The second kappa shape index (κ2) is 18.9. The number of aryl methyl sites for hydroxylation is 1. The van der Waals surface area contributed by atoms with E-state index in [1.807, 2.05) is 62.4 Å². The molecule has 17 heteroatoms. The van der Waals surface area contributed by atoms with Crippen LogP contribution in [0.3, 0.4) is 0 Å². The van der Waals surface area contributed by atoms with Crippen molar-refractivity contribution in [3.05, 3.63) is 76.4 Å². The molecule has 0 radical (unpaired) electrons. The van der Waals surface area contributed by atoms with Gasteiger partial charge in [-0.05, 0) is 42.2 Å². The number of H-pyrrole nitrogens is 1. The molecular weight excluding hydrogens is 658 g/mol. The molecule has 2 atom stereocenters. The molecule has 16 nitrogen and oxygen atoms in total. The number of quaternary nitrogens is 1. The fourth-order valence-corrected chi connectivity index (χ4v) is 5.16. The number of hydrogen-bond donors (Lipinski definition) is 3. The van der Waals surface area contributed by atoms with E-state index in [4.69, 9.17) is 30.6 Å².